The Kier molecular flexibility index (Phi) is 4.86. The van der Waals surface area contributed by atoms with E-state index in [0.29, 0.717) is 10.6 Å². The van der Waals surface area contributed by atoms with E-state index in [4.69, 9.17) is 16.3 Å². The minimum Gasteiger partial charge on any atom is -0.491 e. The van der Waals surface area contributed by atoms with Gasteiger partial charge in [0.15, 0.2) is 0 Å². The summed E-state index contributed by atoms with van der Waals surface area (Å²) in [6, 6.07) is 13.2. The minimum atomic E-state index is -0.193. The normalized spacial score (nSPS) is 10.5. The number of benzene rings is 2. The van der Waals surface area contributed by atoms with Crippen LogP contribution < -0.4 is 10.1 Å². The van der Waals surface area contributed by atoms with E-state index in [-0.39, 0.29) is 12.0 Å². The average Bonchev–Trinajstić information content (AvgIpc) is 2.47. The second-order valence-electron chi connectivity index (χ2n) is 4.96. The third-order valence-corrected chi connectivity index (χ3v) is 3.33. The lowest BCUT2D eigenvalue weighted by molar-refractivity contribution is 0.0963. The molecular formula is C17H18ClNO2. The fraction of sp³-hybridized carbons (Fsp3) is 0.235. The Labute approximate surface area is 129 Å². The van der Waals surface area contributed by atoms with E-state index in [0.717, 1.165) is 16.9 Å². The van der Waals surface area contributed by atoms with Gasteiger partial charge in [0.2, 0.25) is 0 Å². The first-order valence-electron chi connectivity index (χ1n) is 6.80. The molecule has 3 nitrogen and oxygen atoms in total. The molecule has 0 bridgehead atoms. The van der Waals surface area contributed by atoms with E-state index < -0.39 is 0 Å². The van der Waals surface area contributed by atoms with Crippen LogP contribution in [0.15, 0.2) is 42.5 Å². The summed E-state index contributed by atoms with van der Waals surface area (Å²) >= 11 is 6.06. The molecule has 21 heavy (non-hydrogen) atoms. The van der Waals surface area contributed by atoms with E-state index in [1.54, 1.807) is 19.2 Å². The molecule has 0 saturated carbocycles. The van der Waals surface area contributed by atoms with Crippen molar-refractivity contribution < 1.29 is 9.53 Å². The molecule has 2 aromatic rings. The first-order chi connectivity index (χ1) is 10.0. The molecule has 0 fully saturated rings. The molecule has 0 aliphatic carbocycles. The van der Waals surface area contributed by atoms with Crippen molar-refractivity contribution in [2.45, 2.75) is 20.0 Å². The fourth-order valence-electron chi connectivity index (χ4n) is 2.01. The standard InChI is InChI=1S/C17H18ClNO2/c1-11(2)21-14-7-4-12(5-8-14)13-6-9-16(18)15(10-13)17(20)19-3/h4-11H,1-3H3,(H,19,20). The molecule has 0 unspecified atom stereocenters. The molecule has 2 aromatic carbocycles. The van der Waals surface area contributed by atoms with E-state index in [9.17, 15) is 4.79 Å². The molecule has 0 aliphatic rings. The number of hydrogen-bond donors (Lipinski definition) is 1. The van der Waals surface area contributed by atoms with Crippen molar-refractivity contribution in [3.8, 4) is 16.9 Å². The molecule has 2 rings (SSSR count). The van der Waals surface area contributed by atoms with Crippen LogP contribution in [0.5, 0.6) is 5.75 Å². The zero-order valence-corrected chi connectivity index (χ0v) is 13.1. The summed E-state index contributed by atoms with van der Waals surface area (Å²) in [5.74, 6) is 0.635. The van der Waals surface area contributed by atoms with Gasteiger partial charge in [-0.25, -0.2) is 0 Å². The third kappa shape index (κ3) is 3.76. The van der Waals surface area contributed by atoms with Crippen molar-refractivity contribution in [2.75, 3.05) is 7.05 Å². The quantitative estimate of drug-likeness (QED) is 0.921. The molecule has 0 aliphatic heterocycles. The van der Waals surface area contributed by atoms with Gasteiger partial charge in [0, 0.05) is 7.05 Å². The Hall–Kier alpha value is -2.00. The van der Waals surface area contributed by atoms with Crippen molar-refractivity contribution in [3.05, 3.63) is 53.1 Å². The van der Waals surface area contributed by atoms with Crippen molar-refractivity contribution in [1.29, 1.82) is 0 Å². The molecule has 0 atom stereocenters. The summed E-state index contributed by atoms with van der Waals surface area (Å²) in [5, 5.41) is 3.03. The predicted molar refractivity (Wildman–Crippen MR) is 86.0 cm³/mol. The Morgan fingerprint density at radius 3 is 2.29 bits per heavy atom. The summed E-state index contributed by atoms with van der Waals surface area (Å²) in [6.07, 6.45) is 0.145. The van der Waals surface area contributed by atoms with Crippen LogP contribution in [0.3, 0.4) is 0 Å². The second kappa shape index (κ2) is 6.64. The fourth-order valence-corrected chi connectivity index (χ4v) is 2.22. The van der Waals surface area contributed by atoms with Gasteiger partial charge in [-0.3, -0.25) is 4.79 Å². The van der Waals surface area contributed by atoms with Gasteiger partial charge in [0.05, 0.1) is 16.7 Å². The van der Waals surface area contributed by atoms with Crippen LogP contribution >= 0.6 is 11.6 Å². The number of halogens is 1. The van der Waals surface area contributed by atoms with Crippen molar-refractivity contribution in [1.82, 2.24) is 5.32 Å². The molecule has 0 spiro atoms. The van der Waals surface area contributed by atoms with Gasteiger partial charge in [0.1, 0.15) is 5.75 Å². The first-order valence-corrected chi connectivity index (χ1v) is 7.17. The van der Waals surface area contributed by atoms with Crippen LogP contribution in [0, 0.1) is 0 Å². The number of carbonyl (C=O) groups excluding carboxylic acids is 1. The maximum Gasteiger partial charge on any atom is 0.252 e. The van der Waals surface area contributed by atoms with Crippen LogP contribution in [0.2, 0.25) is 5.02 Å². The van der Waals surface area contributed by atoms with E-state index in [2.05, 4.69) is 5.32 Å². The smallest absolute Gasteiger partial charge is 0.252 e. The maximum atomic E-state index is 11.8. The first kappa shape index (κ1) is 15.4. The Morgan fingerprint density at radius 1 is 1.10 bits per heavy atom. The molecule has 1 N–H and O–H groups in total. The number of nitrogens with one attached hydrogen (secondary N) is 1. The summed E-state index contributed by atoms with van der Waals surface area (Å²) in [6.45, 7) is 3.98. The lowest BCUT2D eigenvalue weighted by Gasteiger charge is -2.11. The van der Waals surface area contributed by atoms with Gasteiger partial charge in [-0.2, -0.15) is 0 Å². The summed E-state index contributed by atoms with van der Waals surface area (Å²) in [4.78, 5) is 11.8. The summed E-state index contributed by atoms with van der Waals surface area (Å²) in [5.41, 5.74) is 2.42. The van der Waals surface area contributed by atoms with Crippen molar-refractivity contribution in [3.63, 3.8) is 0 Å². The van der Waals surface area contributed by atoms with Gasteiger partial charge < -0.3 is 10.1 Å². The zero-order chi connectivity index (χ0) is 15.4. The highest BCUT2D eigenvalue weighted by molar-refractivity contribution is 6.34. The van der Waals surface area contributed by atoms with Gasteiger partial charge >= 0.3 is 0 Å². The van der Waals surface area contributed by atoms with Crippen LogP contribution in [0.25, 0.3) is 11.1 Å². The second-order valence-corrected chi connectivity index (χ2v) is 5.37. The summed E-state index contributed by atoms with van der Waals surface area (Å²) < 4.78 is 5.62. The Bertz CT molecular complexity index is 636. The molecule has 0 heterocycles. The number of ether oxygens (including phenoxy) is 1. The number of carbonyl (C=O) groups is 1. The molecular weight excluding hydrogens is 286 g/mol. The van der Waals surface area contributed by atoms with Gasteiger partial charge in [-0.15, -0.1) is 0 Å². The van der Waals surface area contributed by atoms with Crippen LogP contribution in [0.4, 0.5) is 0 Å². The SMILES string of the molecule is CNC(=O)c1cc(-c2ccc(OC(C)C)cc2)ccc1Cl. The van der Waals surface area contributed by atoms with Crippen molar-refractivity contribution >= 4 is 17.5 Å². The Morgan fingerprint density at radius 2 is 1.71 bits per heavy atom. The third-order valence-electron chi connectivity index (χ3n) is 3.00. The van der Waals surface area contributed by atoms with Gasteiger partial charge in [-0.1, -0.05) is 29.8 Å². The van der Waals surface area contributed by atoms with E-state index >= 15 is 0 Å². The molecule has 110 valence electrons. The Balaban J connectivity index is 2.31. The molecule has 0 aromatic heterocycles. The van der Waals surface area contributed by atoms with Crippen LogP contribution in [-0.2, 0) is 0 Å². The predicted octanol–water partition coefficient (Wildman–Crippen LogP) is 4.15. The zero-order valence-electron chi connectivity index (χ0n) is 12.3. The highest BCUT2D eigenvalue weighted by atomic mass is 35.5. The average molecular weight is 304 g/mol. The number of amides is 1. The van der Waals surface area contributed by atoms with E-state index in [1.807, 2.05) is 44.2 Å². The summed E-state index contributed by atoms with van der Waals surface area (Å²) in [7, 11) is 1.59. The molecule has 0 saturated heterocycles. The molecule has 0 radical (unpaired) electrons. The van der Waals surface area contributed by atoms with Gasteiger partial charge in [0.25, 0.3) is 5.91 Å². The van der Waals surface area contributed by atoms with Crippen LogP contribution in [0.1, 0.15) is 24.2 Å². The minimum absolute atomic E-state index is 0.145. The lowest BCUT2D eigenvalue weighted by Crippen LogP contribution is -2.18. The van der Waals surface area contributed by atoms with Crippen LogP contribution in [-0.4, -0.2) is 19.1 Å². The van der Waals surface area contributed by atoms with Gasteiger partial charge in [-0.05, 0) is 49.2 Å². The lowest BCUT2D eigenvalue weighted by atomic mass is 10.0. The maximum absolute atomic E-state index is 11.8. The molecule has 1 amide bonds. The van der Waals surface area contributed by atoms with Crippen molar-refractivity contribution in [2.24, 2.45) is 0 Å². The number of rotatable bonds is 4. The highest BCUT2D eigenvalue weighted by Crippen LogP contribution is 2.27. The van der Waals surface area contributed by atoms with E-state index in [1.165, 1.54) is 0 Å². The highest BCUT2D eigenvalue weighted by Gasteiger charge is 2.10. The monoisotopic (exact) mass is 303 g/mol. The topological polar surface area (TPSA) is 38.3 Å². The number of hydrogen-bond acceptors (Lipinski definition) is 2. The molecule has 4 heteroatoms. The largest absolute Gasteiger partial charge is 0.491 e.